The Balaban J connectivity index is 4.45. The van der Waals surface area contributed by atoms with Crippen LogP contribution in [-0.4, -0.2) is 22.2 Å². The minimum atomic E-state index is -2.44. The maximum absolute atomic E-state index is 10.8. The van der Waals surface area contributed by atoms with E-state index in [4.69, 9.17) is 8.86 Å². The first-order chi connectivity index (χ1) is 6.60. The van der Waals surface area contributed by atoms with E-state index in [9.17, 15) is 4.57 Å². The van der Waals surface area contributed by atoms with Crippen LogP contribution in [0, 0.1) is 0 Å². The van der Waals surface area contributed by atoms with Crippen LogP contribution in [0.4, 0.5) is 0 Å². The summed E-state index contributed by atoms with van der Waals surface area (Å²) >= 11 is 0. The molecular weight excluding hydrogens is 219 g/mol. The van der Waals surface area contributed by atoms with E-state index >= 15 is 0 Å². The zero-order valence-electron chi connectivity index (χ0n) is 9.36. The quantitative estimate of drug-likeness (QED) is 0.660. The van der Waals surface area contributed by atoms with E-state index in [1.165, 1.54) is 0 Å². The van der Waals surface area contributed by atoms with E-state index in [2.05, 4.69) is 20.8 Å². The van der Waals surface area contributed by atoms with Crippen molar-refractivity contribution in [3.63, 3.8) is 0 Å². The Bertz CT molecular complexity index is 158. The van der Waals surface area contributed by atoms with Crippen LogP contribution >= 0.6 is 18.6 Å². The fourth-order valence-electron chi connectivity index (χ4n) is 1.67. The molecule has 0 rings (SSSR count). The second-order valence-corrected chi connectivity index (χ2v) is 7.62. The first-order valence-corrected chi connectivity index (χ1v) is 8.41. The minimum absolute atomic E-state index is 0.955. The third-order valence-electron chi connectivity index (χ3n) is 1.95. The molecule has 0 aromatic rings. The SMILES string of the molecule is CCCS(CCC)(CCC)O[P+](=O)O. The maximum atomic E-state index is 10.8. The summed E-state index contributed by atoms with van der Waals surface area (Å²) in [5.74, 6) is 2.86. The summed E-state index contributed by atoms with van der Waals surface area (Å²) in [6.07, 6.45) is 3.08. The van der Waals surface area contributed by atoms with Gasteiger partial charge in [-0.2, -0.15) is 0 Å². The molecule has 0 amide bonds. The molecule has 1 atom stereocenters. The standard InChI is InChI=1S/C9H21O3PS/c1-4-7-14(8-5-2,9-6-3)12-13(10)11/h4-9H2,1-3H3/p+1. The zero-order chi connectivity index (χ0) is 11.0. The van der Waals surface area contributed by atoms with Crippen molar-refractivity contribution in [1.82, 2.24) is 0 Å². The fraction of sp³-hybridized carbons (Fsp3) is 1.00. The number of rotatable bonds is 8. The van der Waals surface area contributed by atoms with Gasteiger partial charge in [-0.1, -0.05) is 35.1 Å². The first-order valence-electron chi connectivity index (χ1n) is 5.22. The predicted octanol–water partition coefficient (Wildman–Crippen LogP) is 3.60. The highest BCUT2D eigenvalue weighted by atomic mass is 32.3. The minimum Gasteiger partial charge on any atom is -0.133 e. The van der Waals surface area contributed by atoms with Crippen LogP contribution in [0.1, 0.15) is 40.0 Å². The Kier molecular flexibility index (Phi) is 7.84. The highest BCUT2D eigenvalue weighted by Gasteiger charge is 2.32. The summed E-state index contributed by atoms with van der Waals surface area (Å²) in [6, 6.07) is 0. The van der Waals surface area contributed by atoms with Crippen LogP contribution in [-0.2, 0) is 8.54 Å². The van der Waals surface area contributed by atoms with Gasteiger partial charge in [0, 0.05) is 21.8 Å². The van der Waals surface area contributed by atoms with E-state index in [1.807, 2.05) is 0 Å². The molecule has 1 N–H and O–H groups in total. The summed E-state index contributed by atoms with van der Waals surface area (Å²) in [6.45, 7) is 6.29. The molecule has 0 spiro atoms. The van der Waals surface area contributed by atoms with Crippen molar-refractivity contribution in [3.05, 3.63) is 0 Å². The lowest BCUT2D eigenvalue weighted by molar-refractivity contribution is 0.425. The molecular formula is C9H22O3PS+. The van der Waals surface area contributed by atoms with Gasteiger partial charge in [-0.05, 0) is 19.3 Å². The average Bonchev–Trinajstić information content (AvgIpc) is 2.03. The van der Waals surface area contributed by atoms with Crippen molar-refractivity contribution in [2.24, 2.45) is 0 Å². The molecule has 0 saturated heterocycles. The molecule has 0 aliphatic heterocycles. The largest absolute Gasteiger partial charge is 0.705 e. The third kappa shape index (κ3) is 5.30. The summed E-state index contributed by atoms with van der Waals surface area (Å²) < 4.78 is 16.1. The van der Waals surface area contributed by atoms with Gasteiger partial charge in [-0.25, -0.2) is 0 Å². The van der Waals surface area contributed by atoms with Crippen molar-refractivity contribution in [2.75, 3.05) is 17.3 Å². The van der Waals surface area contributed by atoms with Crippen molar-refractivity contribution in [2.45, 2.75) is 40.0 Å². The zero-order valence-corrected chi connectivity index (χ0v) is 11.1. The second kappa shape index (κ2) is 7.63. The van der Waals surface area contributed by atoms with Gasteiger partial charge in [0.05, 0.1) is 0 Å². The Morgan fingerprint density at radius 1 is 1.07 bits per heavy atom. The predicted molar refractivity (Wildman–Crippen MR) is 64.0 cm³/mol. The first kappa shape index (κ1) is 14.4. The lowest BCUT2D eigenvalue weighted by atomic mass is 10.6. The molecule has 5 heteroatoms. The van der Waals surface area contributed by atoms with Gasteiger partial charge < -0.3 is 0 Å². The van der Waals surface area contributed by atoms with Crippen molar-refractivity contribution in [3.8, 4) is 0 Å². The molecule has 0 bridgehead atoms. The molecule has 0 aromatic heterocycles. The van der Waals surface area contributed by atoms with Crippen molar-refractivity contribution in [1.29, 1.82) is 0 Å². The summed E-state index contributed by atoms with van der Waals surface area (Å²) in [5, 5.41) is 0. The van der Waals surface area contributed by atoms with E-state index in [1.54, 1.807) is 0 Å². The average molecular weight is 241 g/mol. The van der Waals surface area contributed by atoms with E-state index in [0.717, 1.165) is 36.5 Å². The van der Waals surface area contributed by atoms with Gasteiger partial charge >= 0.3 is 8.25 Å². The smallest absolute Gasteiger partial charge is 0.133 e. The van der Waals surface area contributed by atoms with Gasteiger partial charge in [-0.15, -0.1) is 4.89 Å². The maximum Gasteiger partial charge on any atom is 0.705 e. The van der Waals surface area contributed by atoms with Gasteiger partial charge in [0.1, 0.15) is 0 Å². The Morgan fingerprint density at radius 2 is 1.43 bits per heavy atom. The lowest BCUT2D eigenvalue weighted by Gasteiger charge is -2.32. The van der Waals surface area contributed by atoms with Crippen molar-refractivity contribution < 1.29 is 13.4 Å². The van der Waals surface area contributed by atoms with Gasteiger partial charge in [0.2, 0.25) is 0 Å². The molecule has 0 fully saturated rings. The van der Waals surface area contributed by atoms with Crippen LogP contribution in [0.25, 0.3) is 0 Å². The van der Waals surface area contributed by atoms with Gasteiger partial charge in [-0.3, -0.25) is 0 Å². The molecule has 86 valence electrons. The number of hydrogen-bond acceptors (Lipinski definition) is 2. The molecule has 0 aromatic carbocycles. The van der Waals surface area contributed by atoms with Crippen molar-refractivity contribution >= 4 is 18.6 Å². The Morgan fingerprint density at radius 3 is 1.64 bits per heavy atom. The highest BCUT2D eigenvalue weighted by molar-refractivity contribution is 8.31. The van der Waals surface area contributed by atoms with Gasteiger partial charge in [0.15, 0.2) is 0 Å². The Hall–Kier alpha value is 0.370. The van der Waals surface area contributed by atoms with E-state index in [-0.39, 0.29) is 0 Å². The van der Waals surface area contributed by atoms with Crippen LogP contribution in [0.15, 0.2) is 0 Å². The summed E-state index contributed by atoms with van der Waals surface area (Å²) in [5.41, 5.74) is 0. The second-order valence-electron chi connectivity index (χ2n) is 3.39. The molecule has 0 aliphatic carbocycles. The van der Waals surface area contributed by atoms with Crippen LogP contribution in [0.3, 0.4) is 0 Å². The molecule has 0 heterocycles. The van der Waals surface area contributed by atoms with Crippen LogP contribution < -0.4 is 0 Å². The summed E-state index contributed by atoms with van der Waals surface area (Å²) in [7, 11) is -3.72. The monoisotopic (exact) mass is 241 g/mol. The third-order valence-corrected chi connectivity index (χ3v) is 7.18. The fourth-order valence-corrected chi connectivity index (χ4v) is 6.49. The molecule has 3 nitrogen and oxygen atoms in total. The molecule has 0 saturated carbocycles. The highest BCUT2D eigenvalue weighted by Crippen LogP contribution is 2.56. The summed E-state index contributed by atoms with van der Waals surface area (Å²) in [4.78, 5) is 8.88. The Labute approximate surface area is 89.7 Å². The number of hydrogen-bond donors (Lipinski definition) is 1. The molecule has 0 radical (unpaired) electrons. The normalized spacial score (nSPS) is 14.1. The van der Waals surface area contributed by atoms with Crippen LogP contribution in [0.5, 0.6) is 0 Å². The molecule has 0 aliphatic rings. The lowest BCUT2D eigenvalue weighted by Crippen LogP contribution is -2.13. The molecule has 1 unspecified atom stereocenters. The van der Waals surface area contributed by atoms with E-state index < -0.39 is 18.6 Å². The van der Waals surface area contributed by atoms with Gasteiger partial charge in [0.25, 0.3) is 0 Å². The topological polar surface area (TPSA) is 46.5 Å². The van der Waals surface area contributed by atoms with E-state index in [0.29, 0.717) is 0 Å². The molecule has 14 heavy (non-hydrogen) atoms. The van der Waals surface area contributed by atoms with Crippen LogP contribution in [0.2, 0.25) is 0 Å².